The Morgan fingerprint density at radius 3 is 2.55 bits per heavy atom. The minimum Gasteiger partial charge on any atom is -0.331 e. The molecule has 3 N–H and O–H groups in total. The molecule has 1 heterocycles. The Labute approximate surface area is 126 Å². The van der Waals surface area contributed by atoms with Crippen LogP contribution in [0.15, 0.2) is 48.7 Å². The van der Waals surface area contributed by atoms with Gasteiger partial charge in [-0.2, -0.15) is 0 Å². The maximum absolute atomic E-state index is 12.0. The summed E-state index contributed by atoms with van der Waals surface area (Å²) < 4.78 is 0. The third-order valence-electron chi connectivity index (χ3n) is 2.42. The average molecular weight is 307 g/mol. The fourth-order valence-electron chi connectivity index (χ4n) is 1.42. The molecule has 0 radical (unpaired) electrons. The van der Waals surface area contributed by atoms with Gasteiger partial charge in [0, 0.05) is 16.9 Å². The Hall–Kier alpha value is -2.02. The lowest BCUT2D eigenvalue weighted by atomic mass is 10.3. The number of nitrogens with zero attached hydrogens (tertiary/aromatic N) is 2. The highest BCUT2D eigenvalue weighted by molar-refractivity contribution is 7.80. The number of hydrazine groups is 1. The number of carbonyl (C=O) groups excluding carboxylic acids is 1. The lowest BCUT2D eigenvalue weighted by molar-refractivity contribution is 0.0844. The summed E-state index contributed by atoms with van der Waals surface area (Å²) in [5, 5.41) is 4.36. The molecule has 0 aliphatic carbocycles. The first-order chi connectivity index (χ1) is 9.58. The molecule has 7 heteroatoms. The number of hydrogen-bond donors (Lipinski definition) is 2. The van der Waals surface area contributed by atoms with Crippen LogP contribution in [0.2, 0.25) is 5.02 Å². The van der Waals surface area contributed by atoms with Crippen molar-refractivity contribution in [3.63, 3.8) is 0 Å². The number of carbonyl (C=O) groups is 1. The van der Waals surface area contributed by atoms with Crippen molar-refractivity contribution in [2.45, 2.75) is 0 Å². The third-order valence-corrected chi connectivity index (χ3v) is 2.97. The molecule has 0 saturated heterocycles. The van der Waals surface area contributed by atoms with E-state index in [0.29, 0.717) is 10.7 Å². The van der Waals surface area contributed by atoms with Crippen LogP contribution in [0, 0.1) is 0 Å². The number of pyridine rings is 1. The van der Waals surface area contributed by atoms with Crippen LogP contribution < -0.4 is 11.2 Å². The molecule has 20 heavy (non-hydrogen) atoms. The number of hydrogen-bond acceptors (Lipinski definition) is 4. The van der Waals surface area contributed by atoms with Crippen molar-refractivity contribution in [1.82, 2.24) is 9.99 Å². The van der Waals surface area contributed by atoms with Crippen LogP contribution in [-0.4, -0.2) is 21.0 Å². The van der Waals surface area contributed by atoms with Crippen molar-refractivity contribution in [1.29, 1.82) is 0 Å². The fraction of sp³-hybridized carbons (Fsp3) is 0. The highest BCUT2D eigenvalue weighted by Gasteiger charge is 2.17. The zero-order valence-electron chi connectivity index (χ0n) is 10.3. The zero-order chi connectivity index (χ0) is 14.5. The molecule has 1 aromatic carbocycles. The minimum absolute atomic E-state index is 0.0722. The van der Waals surface area contributed by atoms with Gasteiger partial charge in [-0.1, -0.05) is 17.7 Å². The van der Waals surface area contributed by atoms with E-state index < -0.39 is 5.91 Å². The van der Waals surface area contributed by atoms with Gasteiger partial charge in [-0.25, -0.2) is 10.9 Å². The number of rotatable bonds is 2. The molecule has 0 aliphatic rings. The first-order valence-corrected chi connectivity index (χ1v) is 6.43. The van der Waals surface area contributed by atoms with Gasteiger partial charge in [-0.15, -0.1) is 0 Å². The molecule has 0 atom stereocenters. The van der Waals surface area contributed by atoms with E-state index in [2.05, 4.69) is 10.3 Å². The third kappa shape index (κ3) is 3.51. The quantitative estimate of drug-likeness (QED) is 0.386. The topological polar surface area (TPSA) is 71.2 Å². The van der Waals surface area contributed by atoms with Gasteiger partial charge < -0.3 is 5.32 Å². The van der Waals surface area contributed by atoms with E-state index in [4.69, 9.17) is 29.7 Å². The number of amides is 1. The molecular weight excluding hydrogens is 296 g/mol. The number of benzene rings is 1. The van der Waals surface area contributed by atoms with E-state index in [-0.39, 0.29) is 10.8 Å². The Morgan fingerprint density at radius 2 is 1.95 bits per heavy atom. The highest BCUT2D eigenvalue weighted by Crippen LogP contribution is 2.13. The Morgan fingerprint density at radius 1 is 1.25 bits per heavy atom. The Kier molecular flexibility index (Phi) is 4.62. The molecule has 0 unspecified atom stereocenters. The minimum atomic E-state index is -0.489. The van der Waals surface area contributed by atoms with Crippen molar-refractivity contribution in [2.75, 3.05) is 5.32 Å². The predicted octanol–water partition coefficient (Wildman–Crippen LogP) is 2.45. The Balaban J connectivity index is 2.05. The second-order valence-corrected chi connectivity index (χ2v) is 4.65. The number of anilines is 1. The molecule has 0 spiro atoms. The van der Waals surface area contributed by atoms with Crippen LogP contribution in [0.5, 0.6) is 0 Å². The molecule has 102 valence electrons. The van der Waals surface area contributed by atoms with Gasteiger partial charge in [0.25, 0.3) is 5.91 Å². The van der Waals surface area contributed by atoms with Crippen molar-refractivity contribution >= 4 is 40.5 Å². The molecule has 0 bridgehead atoms. The molecule has 1 amide bonds. The van der Waals surface area contributed by atoms with E-state index >= 15 is 0 Å². The zero-order valence-corrected chi connectivity index (χ0v) is 11.9. The van der Waals surface area contributed by atoms with Crippen LogP contribution >= 0.6 is 23.8 Å². The maximum Gasteiger partial charge on any atom is 0.292 e. The fourth-order valence-corrected chi connectivity index (χ4v) is 1.75. The first kappa shape index (κ1) is 14.4. The van der Waals surface area contributed by atoms with Gasteiger partial charge in [0.15, 0.2) is 5.11 Å². The summed E-state index contributed by atoms with van der Waals surface area (Å²) in [4.78, 5) is 15.9. The van der Waals surface area contributed by atoms with Crippen molar-refractivity contribution in [3.05, 3.63) is 59.4 Å². The van der Waals surface area contributed by atoms with Crippen LogP contribution in [0.25, 0.3) is 0 Å². The molecule has 0 aliphatic heterocycles. The lowest BCUT2D eigenvalue weighted by Gasteiger charge is -2.18. The standard InChI is InChI=1S/C13H11ClN4OS/c14-9-4-6-10(7-5-9)17-13(20)18(15)12(19)11-3-1-2-8-16-11/h1-8H,15H2,(H,17,20). The van der Waals surface area contributed by atoms with Crippen LogP contribution in [-0.2, 0) is 0 Å². The van der Waals surface area contributed by atoms with Crippen LogP contribution in [0.4, 0.5) is 5.69 Å². The lowest BCUT2D eigenvalue weighted by Crippen LogP contribution is -2.45. The summed E-state index contributed by atoms with van der Waals surface area (Å²) in [5.74, 6) is 5.20. The summed E-state index contributed by atoms with van der Waals surface area (Å²) in [6.45, 7) is 0. The monoisotopic (exact) mass is 306 g/mol. The summed E-state index contributed by atoms with van der Waals surface area (Å²) in [5.41, 5.74) is 0.902. The molecule has 1 aromatic heterocycles. The number of aromatic nitrogens is 1. The summed E-state index contributed by atoms with van der Waals surface area (Å²) in [7, 11) is 0. The number of nitrogens with two attached hydrogens (primary N) is 1. The van der Waals surface area contributed by atoms with E-state index in [1.807, 2.05) is 0 Å². The molecule has 0 fully saturated rings. The maximum atomic E-state index is 12.0. The molecule has 0 saturated carbocycles. The van der Waals surface area contributed by atoms with Crippen molar-refractivity contribution in [2.24, 2.45) is 5.84 Å². The van der Waals surface area contributed by atoms with E-state index in [0.717, 1.165) is 5.01 Å². The largest absolute Gasteiger partial charge is 0.331 e. The van der Waals surface area contributed by atoms with Crippen molar-refractivity contribution < 1.29 is 4.79 Å². The molecule has 2 aromatic rings. The number of thiocarbonyl (C=S) groups is 1. The summed E-state index contributed by atoms with van der Waals surface area (Å²) in [6, 6.07) is 11.8. The van der Waals surface area contributed by atoms with Crippen LogP contribution in [0.1, 0.15) is 10.5 Å². The summed E-state index contributed by atoms with van der Waals surface area (Å²) in [6.07, 6.45) is 1.51. The van der Waals surface area contributed by atoms with E-state index in [9.17, 15) is 4.79 Å². The molecular formula is C13H11ClN4OS. The second-order valence-electron chi connectivity index (χ2n) is 3.83. The van der Waals surface area contributed by atoms with Gasteiger partial charge in [0.2, 0.25) is 0 Å². The van der Waals surface area contributed by atoms with E-state index in [1.165, 1.54) is 6.20 Å². The first-order valence-electron chi connectivity index (χ1n) is 5.64. The smallest absolute Gasteiger partial charge is 0.292 e. The van der Waals surface area contributed by atoms with Gasteiger partial charge in [0.1, 0.15) is 5.69 Å². The van der Waals surface area contributed by atoms with Gasteiger partial charge in [-0.3, -0.25) is 9.78 Å². The SMILES string of the molecule is NN(C(=O)c1ccccn1)C(=S)Nc1ccc(Cl)cc1. The van der Waals surface area contributed by atoms with E-state index in [1.54, 1.807) is 42.5 Å². The Bertz CT molecular complexity index is 618. The average Bonchev–Trinajstić information content (AvgIpc) is 2.49. The van der Waals surface area contributed by atoms with Gasteiger partial charge >= 0.3 is 0 Å². The number of halogens is 1. The predicted molar refractivity (Wildman–Crippen MR) is 82.3 cm³/mol. The molecule has 5 nitrogen and oxygen atoms in total. The highest BCUT2D eigenvalue weighted by atomic mass is 35.5. The number of nitrogens with one attached hydrogen (secondary N) is 1. The second kappa shape index (κ2) is 6.42. The summed E-state index contributed by atoms with van der Waals surface area (Å²) >= 11 is 10.9. The van der Waals surface area contributed by atoms with Gasteiger partial charge in [-0.05, 0) is 48.6 Å². The van der Waals surface area contributed by atoms with Crippen LogP contribution in [0.3, 0.4) is 0 Å². The van der Waals surface area contributed by atoms with Gasteiger partial charge in [0.05, 0.1) is 0 Å². The van der Waals surface area contributed by atoms with Crippen molar-refractivity contribution in [3.8, 4) is 0 Å². The molecule has 2 rings (SSSR count). The normalized spacial score (nSPS) is 9.90.